The highest BCUT2D eigenvalue weighted by molar-refractivity contribution is 6.06. The van der Waals surface area contributed by atoms with Crippen LogP contribution >= 0.6 is 0 Å². The minimum Gasteiger partial charge on any atom is -0.304 e. The molecule has 1 aromatic heterocycles. The van der Waals surface area contributed by atoms with Gasteiger partial charge >= 0.3 is 0 Å². The van der Waals surface area contributed by atoms with Gasteiger partial charge in [0.1, 0.15) is 0 Å². The molecule has 0 spiro atoms. The zero-order valence-corrected chi connectivity index (χ0v) is 14.0. The third-order valence-corrected chi connectivity index (χ3v) is 4.03. The van der Waals surface area contributed by atoms with Gasteiger partial charge < -0.3 is 4.90 Å². The highest BCUT2D eigenvalue weighted by Crippen LogP contribution is 2.21. The molecule has 122 valence electrons. The van der Waals surface area contributed by atoms with E-state index < -0.39 is 0 Å². The molecule has 0 bridgehead atoms. The predicted molar refractivity (Wildman–Crippen MR) is 100 cm³/mol. The first-order valence-electron chi connectivity index (χ1n) is 8.02. The summed E-state index contributed by atoms with van der Waals surface area (Å²) in [6.45, 7) is 2.36. The maximum Gasteiger partial charge on any atom is 0.258 e. The first kappa shape index (κ1) is 16.5. The molecule has 0 aliphatic heterocycles. The molecule has 3 aromatic rings. The fourth-order valence-electron chi connectivity index (χ4n) is 2.64. The zero-order chi connectivity index (χ0) is 17.6. The lowest BCUT2D eigenvalue weighted by atomic mass is 10.1. The van der Waals surface area contributed by atoms with Crippen LogP contribution in [0.5, 0.6) is 0 Å². The predicted octanol–water partition coefficient (Wildman–Crippen LogP) is 4.22. The summed E-state index contributed by atoms with van der Waals surface area (Å²) < 4.78 is 0. The number of pyridine rings is 1. The molecular formula is C22H18N2O. The van der Waals surface area contributed by atoms with Crippen molar-refractivity contribution < 1.29 is 4.79 Å². The van der Waals surface area contributed by atoms with Crippen molar-refractivity contribution >= 4 is 11.6 Å². The number of para-hydroxylation sites is 1. The number of terminal acetylenes is 1. The fraction of sp³-hybridized carbons (Fsp3) is 0.0909. The number of hydrogen-bond acceptors (Lipinski definition) is 2. The largest absolute Gasteiger partial charge is 0.304 e. The molecule has 3 nitrogen and oxygen atoms in total. The number of aromatic nitrogens is 1. The Bertz CT molecular complexity index is 909. The van der Waals surface area contributed by atoms with Gasteiger partial charge in [0.05, 0.1) is 6.54 Å². The van der Waals surface area contributed by atoms with Crippen LogP contribution in [0.2, 0.25) is 0 Å². The summed E-state index contributed by atoms with van der Waals surface area (Å²) in [4.78, 5) is 19.0. The molecule has 0 aliphatic rings. The Kier molecular flexibility index (Phi) is 4.92. The first-order chi connectivity index (χ1) is 12.2. The third kappa shape index (κ3) is 3.76. The molecule has 0 radical (unpaired) electrons. The van der Waals surface area contributed by atoms with Crippen LogP contribution in [0.25, 0.3) is 0 Å². The number of carbonyl (C=O) groups is 1. The first-order valence-corrected chi connectivity index (χ1v) is 8.02. The lowest BCUT2D eigenvalue weighted by molar-refractivity contribution is 0.0984. The fourth-order valence-corrected chi connectivity index (χ4v) is 2.64. The van der Waals surface area contributed by atoms with Crippen molar-refractivity contribution in [2.75, 3.05) is 4.90 Å². The maximum absolute atomic E-state index is 13.2. The van der Waals surface area contributed by atoms with E-state index in [1.165, 1.54) is 0 Å². The van der Waals surface area contributed by atoms with Gasteiger partial charge in [-0.25, -0.2) is 0 Å². The highest BCUT2D eigenvalue weighted by atomic mass is 16.2. The van der Waals surface area contributed by atoms with Crippen molar-refractivity contribution in [2.45, 2.75) is 13.5 Å². The molecule has 1 amide bonds. The molecule has 3 heteroatoms. The molecule has 0 aliphatic carbocycles. The van der Waals surface area contributed by atoms with Crippen LogP contribution in [0.4, 0.5) is 5.69 Å². The molecule has 0 saturated heterocycles. The van der Waals surface area contributed by atoms with Crippen molar-refractivity contribution in [3.05, 3.63) is 95.3 Å². The summed E-state index contributed by atoms with van der Waals surface area (Å²) in [5, 5.41) is 0. The van der Waals surface area contributed by atoms with Crippen LogP contribution in [0, 0.1) is 19.3 Å². The van der Waals surface area contributed by atoms with Crippen LogP contribution in [0.15, 0.2) is 73.1 Å². The second-order valence-corrected chi connectivity index (χ2v) is 5.76. The van der Waals surface area contributed by atoms with Gasteiger partial charge in [-0.15, -0.1) is 6.42 Å². The molecule has 0 saturated carbocycles. The van der Waals surface area contributed by atoms with Crippen LogP contribution in [-0.4, -0.2) is 10.9 Å². The molecule has 3 rings (SSSR count). The van der Waals surface area contributed by atoms with Gasteiger partial charge in [-0.05, 0) is 48.4 Å². The average Bonchev–Trinajstić information content (AvgIpc) is 2.67. The lowest BCUT2D eigenvalue weighted by Gasteiger charge is -2.24. The second-order valence-electron chi connectivity index (χ2n) is 5.76. The van der Waals surface area contributed by atoms with Gasteiger partial charge in [-0.1, -0.05) is 36.3 Å². The van der Waals surface area contributed by atoms with Gasteiger partial charge in [0.25, 0.3) is 5.91 Å². The van der Waals surface area contributed by atoms with E-state index >= 15 is 0 Å². The van der Waals surface area contributed by atoms with Gasteiger partial charge in [0, 0.05) is 29.2 Å². The van der Waals surface area contributed by atoms with E-state index in [-0.39, 0.29) is 5.91 Å². The molecule has 1 heterocycles. The van der Waals surface area contributed by atoms with E-state index in [1.54, 1.807) is 23.4 Å². The molecule has 0 atom stereocenters. The lowest BCUT2D eigenvalue weighted by Crippen LogP contribution is -2.31. The number of nitrogens with zero attached hydrogens (tertiary/aromatic N) is 2. The summed E-state index contributed by atoms with van der Waals surface area (Å²) in [6, 6.07) is 19.1. The van der Waals surface area contributed by atoms with Crippen molar-refractivity contribution in [1.82, 2.24) is 4.98 Å². The van der Waals surface area contributed by atoms with Crippen LogP contribution in [0.3, 0.4) is 0 Å². The van der Waals surface area contributed by atoms with Crippen LogP contribution in [-0.2, 0) is 6.54 Å². The Labute approximate surface area is 148 Å². The van der Waals surface area contributed by atoms with E-state index in [0.717, 1.165) is 22.4 Å². The summed E-state index contributed by atoms with van der Waals surface area (Å²) in [6.07, 6.45) is 8.76. The van der Waals surface area contributed by atoms with E-state index in [0.29, 0.717) is 12.1 Å². The molecule has 0 unspecified atom stereocenters. The number of aryl methyl sites for hydroxylation is 1. The summed E-state index contributed by atoms with van der Waals surface area (Å²) in [5.74, 6) is 2.56. The zero-order valence-electron chi connectivity index (χ0n) is 14.0. The van der Waals surface area contributed by atoms with Crippen LogP contribution < -0.4 is 4.90 Å². The van der Waals surface area contributed by atoms with E-state index in [9.17, 15) is 4.79 Å². The van der Waals surface area contributed by atoms with Gasteiger partial charge in [0.15, 0.2) is 0 Å². The topological polar surface area (TPSA) is 33.2 Å². The quantitative estimate of drug-likeness (QED) is 0.673. The SMILES string of the molecule is C#Cc1ccc(CN(C(=O)c2ccncc2C)c2ccccc2)cc1. The maximum atomic E-state index is 13.2. The highest BCUT2D eigenvalue weighted by Gasteiger charge is 2.19. The number of rotatable bonds is 4. The van der Waals surface area contributed by atoms with E-state index in [2.05, 4.69) is 10.9 Å². The van der Waals surface area contributed by atoms with Crippen LogP contribution in [0.1, 0.15) is 27.0 Å². The number of benzene rings is 2. The number of anilines is 1. The van der Waals surface area contributed by atoms with E-state index in [1.807, 2.05) is 61.5 Å². The summed E-state index contributed by atoms with van der Waals surface area (Å²) in [5.41, 5.74) is 4.20. The average molecular weight is 326 g/mol. The van der Waals surface area contributed by atoms with Crippen molar-refractivity contribution in [1.29, 1.82) is 0 Å². The van der Waals surface area contributed by atoms with E-state index in [4.69, 9.17) is 6.42 Å². The molecular weight excluding hydrogens is 308 g/mol. The van der Waals surface area contributed by atoms with Crippen molar-refractivity contribution in [2.24, 2.45) is 0 Å². The molecule has 0 fully saturated rings. The standard InChI is InChI=1S/C22H18N2O/c1-3-18-9-11-19(12-10-18)16-24(20-7-5-4-6-8-20)22(25)21-13-14-23-15-17(21)2/h1,4-15H,16H2,2H3. The number of amides is 1. The summed E-state index contributed by atoms with van der Waals surface area (Å²) >= 11 is 0. The monoisotopic (exact) mass is 326 g/mol. The Balaban J connectivity index is 1.97. The van der Waals surface area contributed by atoms with Gasteiger partial charge in [-0.2, -0.15) is 0 Å². The third-order valence-electron chi connectivity index (χ3n) is 4.03. The molecule has 2 aromatic carbocycles. The second kappa shape index (κ2) is 7.46. The Morgan fingerprint density at radius 2 is 1.80 bits per heavy atom. The Morgan fingerprint density at radius 3 is 2.44 bits per heavy atom. The summed E-state index contributed by atoms with van der Waals surface area (Å²) in [7, 11) is 0. The van der Waals surface area contributed by atoms with Gasteiger partial charge in [-0.3, -0.25) is 9.78 Å². The normalized spacial score (nSPS) is 10.1. The number of carbonyl (C=O) groups excluding carboxylic acids is 1. The van der Waals surface area contributed by atoms with Crippen molar-refractivity contribution in [3.8, 4) is 12.3 Å². The molecule has 25 heavy (non-hydrogen) atoms. The Hall–Kier alpha value is -3.38. The number of hydrogen-bond donors (Lipinski definition) is 0. The van der Waals surface area contributed by atoms with Crippen molar-refractivity contribution in [3.63, 3.8) is 0 Å². The minimum absolute atomic E-state index is 0.0490. The smallest absolute Gasteiger partial charge is 0.258 e. The minimum atomic E-state index is -0.0490. The Morgan fingerprint density at radius 1 is 1.08 bits per heavy atom. The molecule has 0 N–H and O–H groups in total. The van der Waals surface area contributed by atoms with Gasteiger partial charge in [0.2, 0.25) is 0 Å².